The first-order chi connectivity index (χ1) is 13.8. The molecule has 2 N–H and O–H groups in total. The van der Waals surface area contributed by atoms with Crippen molar-refractivity contribution in [1.29, 1.82) is 0 Å². The Hall–Kier alpha value is -2.91. The van der Waals surface area contributed by atoms with E-state index in [1.54, 1.807) is 16.9 Å². The first kappa shape index (κ1) is 20.8. The quantitative estimate of drug-likeness (QED) is 0.525. The molecule has 158 valence electrons. The molecular weight excluding hydrogens is 378 g/mol. The first-order valence-electron chi connectivity index (χ1n) is 9.95. The molecule has 0 radical (unpaired) electrons. The second-order valence-electron chi connectivity index (χ2n) is 7.65. The zero-order valence-electron chi connectivity index (χ0n) is 16.9. The monoisotopic (exact) mass is 405 g/mol. The van der Waals surface area contributed by atoms with E-state index in [4.69, 9.17) is 4.74 Å². The van der Waals surface area contributed by atoms with E-state index in [0.29, 0.717) is 18.7 Å². The van der Waals surface area contributed by atoms with Crippen LogP contribution in [0.15, 0.2) is 12.3 Å². The average molecular weight is 405 g/mol. The Morgan fingerprint density at radius 1 is 1.31 bits per heavy atom. The molecule has 2 atom stereocenters. The van der Waals surface area contributed by atoms with E-state index >= 15 is 0 Å². The average Bonchev–Trinajstić information content (AvgIpc) is 3.39. The van der Waals surface area contributed by atoms with Gasteiger partial charge in [0.1, 0.15) is 17.9 Å². The molecule has 0 unspecified atom stereocenters. The van der Waals surface area contributed by atoms with E-state index in [0.717, 1.165) is 24.2 Å². The van der Waals surface area contributed by atoms with Gasteiger partial charge in [0, 0.05) is 6.07 Å². The van der Waals surface area contributed by atoms with Crippen LogP contribution in [0.3, 0.4) is 0 Å². The molecule has 1 spiro atoms. The number of hydrogen-bond donors (Lipinski definition) is 2. The number of carbonyl (C=O) groups excluding carboxylic acids is 4. The highest BCUT2D eigenvalue weighted by Gasteiger charge is 2.52. The van der Waals surface area contributed by atoms with Crippen LogP contribution < -0.4 is 10.6 Å². The molecule has 2 aliphatic rings. The molecule has 3 rings (SSSR count). The first-order valence-corrected chi connectivity index (χ1v) is 9.95. The highest BCUT2D eigenvalue weighted by molar-refractivity contribution is 6.09. The van der Waals surface area contributed by atoms with Gasteiger partial charge in [-0.05, 0) is 33.1 Å². The SMILES string of the molecule is CC[C@H](C)n1nccc1NC(=O)[C@H](C)OC(=O)CN1C(=O)NC2(CCCC2)C1=O. The highest BCUT2D eigenvalue weighted by atomic mass is 16.5. The molecule has 10 nitrogen and oxygen atoms in total. The number of esters is 1. The summed E-state index contributed by atoms with van der Waals surface area (Å²) in [5.74, 6) is -1.23. The molecule has 4 amide bonds. The van der Waals surface area contributed by atoms with E-state index in [2.05, 4.69) is 15.7 Å². The second-order valence-corrected chi connectivity index (χ2v) is 7.65. The maximum atomic E-state index is 12.6. The molecule has 0 aromatic carbocycles. The van der Waals surface area contributed by atoms with Gasteiger partial charge in [0.25, 0.3) is 11.8 Å². The van der Waals surface area contributed by atoms with Gasteiger partial charge < -0.3 is 15.4 Å². The van der Waals surface area contributed by atoms with Crippen LogP contribution in [0.5, 0.6) is 0 Å². The molecule has 1 aliphatic heterocycles. The van der Waals surface area contributed by atoms with Crippen LogP contribution in [0, 0.1) is 0 Å². The summed E-state index contributed by atoms with van der Waals surface area (Å²) in [4.78, 5) is 50.2. The topological polar surface area (TPSA) is 123 Å². The number of anilines is 1. The minimum atomic E-state index is -1.09. The lowest BCUT2D eigenvalue weighted by atomic mass is 9.98. The highest BCUT2D eigenvalue weighted by Crippen LogP contribution is 2.34. The third-order valence-corrected chi connectivity index (χ3v) is 5.60. The number of nitrogens with one attached hydrogen (secondary N) is 2. The van der Waals surface area contributed by atoms with Gasteiger partial charge in [0.15, 0.2) is 6.10 Å². The summed E-state index contributed by atoms with van der Waals surface area (Å²) >= 11 is 0. The van der Waals surface area contributed by atoms with Gasteiger partial charge in [0.2, 0.25) is 0 Å². The maximum absolute atomic E-state index is 12.6. The van der Waals surface area contributed by atoms with E-state index in [-0.39, 0.29) is 6.04 Å². The molecule has 1 saturated heterocycles. The third-order valence-electron chi connectivity index (χ3n) is 5.60. The van der Waals surface area contributed by atoms with Crippen molar-refractivity contribution >= 4 is 29.6 Å². The Bertz CT molecular complexity index is 814. The van der Waals surface area contributed by atoms with Gasteiger partial charge in [-0.15, -0.1) is 0 Å². The van der Waals surface area contributed by atoms with E-state index in [9.17, 15) is 19.2 Å². The standard InChI is InChI=1S/C19H27N5O5/c1-4-12(2)24-14(7-10-20-24)21-16(26)13(3)29-15(25)11-23-17(27)19(22-18(23)28)8-5-6-9-19/h7,10,12-13H,4-6,8-9,11H2,1-3H3,(H,21,26)(H,22,28)/t12-,13-/m0/s1. The Labute approximate surface area is 168 Å². The van der Waals surface area contributed by atoms with Gasteiger partial charge in [0.05, 0.1) is 12.2 Å². The number of rotatable bonds is 7. The van der Waals surface area contributed by atoms with Crippen molar-refractivity contribution in [2.45, 2.75) is 70.6 Å². The third kappa shape index (κ3) is 4.10. The van der Waals surface area contributed by atoms with Gasteiger partial charge in [-0.2, -0.15) is 5.10 Å². The van der Waals surface area contributed by atoms with Crippen molar-refractivity contribution in [1.82, 2.24) is 20.0 Å². The van der Waals surface area contributed by atoms with Gasteiger partial charge in [-0.3, -0.25) is 19.3 Å². The molecule has 10 heteroatoms. The smallest absolute Gasteiger partial charge is 0.327 e. The van der Waals surface area contributed by atoms with E-state index in [1.165, 1.54) is 6.92 Å². The lowest BCUT2D eigenvalue weighted by Crippen LogP contribution is -2.44. The Balaban J connectivity index is 1.55. The summed E-state index contributed by atoms with van der Waals surface area (Å²) < 4.78 is 6.82. The lowest BCUT2D eigenvalue weighted by molar-refractivity contribution is -0.155. The normalized spacial score (nSPS) is 19.9. The van der Waals surface area contributed by atoms with Crippen molar-refractivity contribution in [3.8, 4) is 0 Å². The second kappa shape index (κ2) is 8.22. The summed E-state index contributed by atoms with van der Waals surface area (Å²) in [6.07, 6.45) is 4.18. The minimum Gasteiger partial charge on any atom is -0.451 e. The predicted octanol–water partition coefficient (Wildman–Crippen LogP) is 1.59. The lowest BCUT2D eigenvalue weighted by Gasteiger charge is -2.20. The minimum absolute atomic E-state index is 0.0979. The van der Waals surface area contributed by atoms with Crippen LogP contribution in [0.25, 0.3) is 0 Å². The largest absolute Gasteiger partial charge is 0.451 e. The molecule has 0 bridgehead atoms. The fraction of sp³-hybridized carbons (Fsp3) is 0.632. The number of urea groups is 1. The van der Waals surface area contributed by atoms with Crippen molar-refractivity contribution < 1.29 is 23.9 Å². The van der Waals surface area contributed by atoms with E-state index in [1.807, 2.05) is 13.8 Å². The fourth-order valence-electron chi connectivity index (χ4n) is 3.72. The van der Waals surface area contributed by atoms with Crippen molar-refractivity contribution in [2.24, 2.45) is 0 Å². The molecule has 2 fully saturated rings. The number of amides is 4. The van der Waals surface area contributed by atoms with Gasteiger partial charge >= 0.3 is 12.0 Å². The number of hydrogen-bond acceptors (Lipinski definition) is 6. The molecule has 1 saturated carbocycles. The van der Waals surface area contributed by atoms with Gasteiger partial charge in [-0.25, -0.2) is 9.48 Å². The summed E-state index contributed by atoms with van der Waals surface area (Å²) in [5.41, 5.74) is -0.880. The Morgan fingerprint density at radius 2 is 2.00 bits per heavy atom. The molecular formula is C19H27N5O5. The van der Waals surface area contributed by atoms with E-state index < -0.39 is 42.0 Å². The van der Waals surface area contributed by atoms with Crippen LogP contribution in [0.4, 0.5) is 10.6 Å². The molecule has 2 heterocycles. The predicted molar refractivity (Wildman–Crippen MR) is 103 cm³/mol. The van der Waals surface area contributed by atoms with Crippen molar-refractivity contribution in [2.75, 3.05) is 11.9 Å². The van der Waals surface area contributed by atoms with Crippen LogP contribution in [0.2, 0.25) is 0 Å². The van der Waals surface area contributed by atoms with Crippen LogP contribution in [-0.2, 0) is 19.1 Å². The molecule has 1 aliphatic carbocycles. The number of ether oxygens (including phenoxy) is 1. The Morgan fingerprint density at radius 3 is 2.66 bits per heavy atom. The number of nitrogens with zero attached hydrogens (tertiary/aromatic N) is 3. The zero-order valence-corrected chi connectivity index (χ0v) is 16.9. The van der Waals surface area contributed by atoms with Crippen LogP contribution >= 0.6 is 0 Å². The van der Waals surface area contributed by atoms with Gasteiger partial charge in [-0.1, -0.05) is 19.8 Å². The van der Waals surface area contributed by atoms with Crippen LogP contribution in [-0.4, -0.2) is 56.7 Å². The zero-order chi connectivity index (χ0) is 21.2. The molecule has 29 heavy (non-hydrogen) atoms. The van der Waals surface area contributed by atoms with Crippen LogP contribution in [0.1, 0.15) is 58.9 Å². The fourth-order valence-corrected chi connectivity index (χ4v) is 3.72. The maximum Gasteiger partial charge on any atom is 0.327 e. The number of aromatic nitrogens is 2. The number of imide groups is 1. The summed E-state index contributed by atoms with van der Waals surface area (Å²) in [6, 6.07) is 1.16. The van der Waals surface area contributed by atoms with Crippen molar-refractivity contribution in [3.63, 3.8) is 0 Å². The summed E-state index contributed by atoms with van der Waals surface area (Å²) in [7, 11) is 0. The number of carbonyl (C=O) groups is 4. The summed E-state index contributed by atoms with van der Waals surface area (Å²) in [5, 5.41) is 9.58. The molecule has 1 aromatic heterocycles. The Kier molecular flexibility index (Phi) is 5.90. The van der Waals surface area contributed by atoms with Crippen molar-refractivity contribution in [3.05, 3.63) is 12.3 Å². The summed E-state index contributed by atoms with van der Waals surface area (Å²) in [6.45, 7) is 4.89. The molecule has 1 aromatic rings.